The molecule has 1 fully saturated rings. The first-order chi connectivity index (χ1) is 12.2. The first-order valence-electron chi connectivity index (χ1n) is 9.71. The van der Waals surface area contributed by atoms with Crippen molar-refractivity contribution in [3.63, 3.8) is 0 Å². The van der Waals surface area contributed by atoms with Gasteiger partial charge in [-0.1, -0.05) is 32.8 Å². The second kappa shape index (κ2) is 6.75. The molecular formula is C23H32O3. The Balaban J connectivity index is 2.08. The van der Waals surface area contributed by atoms with E-state index in [1.54, 1.807) is 14.2 Å². The molecule has 1 saturated carbocycles. The molecule has 0 aliphatic heterocycles. The van der Waals surface area contributed by atoms with Gasteiger partial charge >= 0.3 is 0 Å². The Bertz CT molecular complexity index is 722. The van der Waals surface area contributed by atoms with Crippen molar-refractivity contribution in [2.75, 3.05) is 14.2 Å². The van der Waals surface area contributed by atoms with Gasteiger partial charge < -0.3 is 9.47 Å². The summed E-state index contributed by atoms with van der Waals surface area (Å²) in [5.74, 6) is 2.02. The predicted molar refractivity (Wildman–Crippen MR) is 105 cm³/mol. The molecule has 3 rings (SSSR count). The SMILES string of the molecule is COc1cc(OC)cc(C(=O)C2=C(C)CC[C@H]3C(C)(C)CCC[C@]23C)c1. The van der Waals surface area contributed by atoms with E-state index in [1.807, 2.05) is 18.2 Å². The quantitative estimate of drug-likeness (QED) is 0.637. The van der Waals surface area contributed by atoms with Gasteiger partial charge in [0, 0.05) is 17.2 Å². The van der Waals surface area contributed by atoms with Crippen molar-refractivity contribution in [3.8, 4) is 11.5 Å². The molecular weight excluding hydrogens is 324 g/mol. The maximum Gasteiger partial charge on any atom is 0.189 e. The molecule has 0 bridgehead atoms. The number of ether oxygens (including phenoxy) is 2. The highest BCUT2D eigenvalue weighted by Gasteiger charge is 2.51. The van der Waals surface area contributed by atoms with E-state index in [4.69, 9.17) is 9.47 Å². The Labute approximate surface area is 157 Å². The number of methoxy groups -OCH3 is 2. The molecule has 0 spiro atoms. The summed E-state index contributed by atoms with van der Waals surface area (Å²) in [7, 11) is 3.24. The minimum Gasteiger partial charge on any atom is -0.497 e. The first kappa shape index (κ1) is 19.0. The molecule has 0 amide bonds. The van der Waals surface area contributed by atoms with Gasteiger partial charge in [0.25, 0.3) is 0 Å². The molecule has 2 atom stereocenters. The smallest absolute Gasteiger partial charge is 0.189 e. The van der Waals surface area contributed by atoms with E-state index in [-0.39, 0.29) is 16.6 Å². The van der Waals surface area contributed by atoms with E-state index in [9.17, 15) is 4.79 Å². The van der Waals surface area contributed by atoms with Crippen molar-refractivity contribution in [2.24, 2.45) is 16.7 Å². The molecule has 142 valence electrons. The maximum atomic E-state index is 13.6. The molecule has 0 radical (unpaired) electrons. The minimum absolute atomic E-state index is 0.0442. The van der Waals surface area contributed by atoms with Crippen LogP contribution in [0.2, 0.25) is 0 Å². The van der Waals surface area contributed by atoms with E-state index in [2.05, 4.69) is 27.7 Å². The molecule has 3 heteroatoms. The summed E-state index contributed by atoms with van der Waals surface area (Å²) in [5, 5.41) is 0. The normalized spacial score (nSPS) is 27.7. The molecule has 0 aromatic heterocycles. The lowest BCUT2D eigenvalue weighted by atomic mass is 9.49. The van der Waals surface area contributed by atoms with Crippen LogP contribution in [0.3, 0.4) is 0 Å². The van der Waals surface area contributed by atoms with Crippen LogP contribution in [0.15, 0.2) is 29.3 Å². The second-order valence-corrected chi connectivity index (χ2v) is 8.94. The lowest BCUT2D eigenvalue weighted by Crippen LogP contribution is -2.47. The first-order valence-corrected chi connectivity index (χ1v) is 9.71. The van der Waals surface area contributed by atoms with E-state index in [0.29, 0.717) is 23.0 Å². The molecule has 0 saturated heterocycles. The molecule has 0 N–H and O–H groups in total. The molecule has 0 heterocycles. The average Bonchev–Trinajstić information content (AvgIpc) is 2.59. The standard InChI is InChI=1S/C23H32O3/c1-15-8-9-19-22(2,3)10-7-11-23(19,4)20(15)21(24)16-12-17(25-5)14-18(13-16)26-6/h12-14,19H,7-11H2,1-6H3/t19-,23-/m0/s1. The molecule has 2 aliphatic rings. The Morgan fingerprint density at radius 2 is 1.65 bits per heavy atom. The van der Waals surface area contributed by atoms with Gasteiger partial charge in [0.15, 0.2) is 5.78 Å². The highest BCUT2D eigenvalue weighted by atomic mass is 16.5. The van der Waals surface area contributed by atoms with Crippen LogP contribution in [-0.2, 0) is 0 Å². The number of carbonyl (C=O) groups excluding carboxylic acids is 1. The average molecular weight is 357 g/mol. The zero-order valence-corrected chi connectivity index (χ0v) is 17.1. The van der Waals surface area contributed by atoms with Crippen LogP contribution in [0, 0.1) is 16.7 Å². The topological polar surface area (TPSA) is 35.5 Å². The summed E-state index contributed by atoms with van der Waals surface area (Å²) in [5.41, 5.74) is 3.20. The van der Waals surface area contributed by atoms with Crippen molar-refractivity contribution in [1.82, 2.24) is 0 Å². The van der Waals surface area contributed by atoms with Crippen LogP contribution in [0.5, 0.6) is 11.5 Å². The number of rotatable bonds is 4. The summed E-state index contributed by atoms with van der Waals surface area (Å²) in [4.78, 5) is 13.6. The van der Waals surface area contributed by atoms with Crippen LogP contribution in [0.25, 0.3) is 0 Å². The van der Waals surface area contributed by atoms with Crippen LogP contribution in [0.1, 0.15) is 70.2 Å². The van der Waals surface area contributed by atoms with Gasteiger partial charge in [-0.2, -0.15) is 0 Å². The predicted octanol–water partition coefficient (Wildman–Crippen LogP) is 5.83. The number of Topliss-reactive ketones (excluding diaryl/α,β-unsaturated/α-hetero) is 1. The van der Waals surface area contributed by atoms with Crippen molar-refractivity contribution >= 4 is 5.78 Å². The largest absolute Gasteiger partial charge is 0.497 e. The maximum absolute atomic E-state index is 13.6. The van der Waals surface area contributed by atoms with Crippen LogP contribution in [0.4, 0.5) is 0 Å². The number of hydrogen-bond acceptors (Lipinski definition) is 3. The molecule has 26 heavy (non-hydrogen) atoms. The summed E-state index contributed by atoms with van der Waals surface area (Å²) in [6, 6.07) is 5.49. The number of carbonyl (C=O) groups is 1. The summed E-state index contributed by atoms with van der Waals surface area (Å²) in [6.45, 7) is 9.23. The Hall–Kier alpha value is -1.77. The van der Waals surface area contributed by atoms with Crippen LogP contribution < -0.4 is 9.47 Å². The molecule has 2 aliphatic carbocycles. The fourth-order valence-electron chi connectivity index (χ4n) is 5.64. The fourth-order valence-corrected chi connectivity index (χ4v) is 5.64. The Morgan fingerprint density at radius 1 is 1.04 bits per heavy atom. The highest BCUT2D eigenvalue weighted by Crippen LogP contribution is 2.60. The van der Waals surface area contributed by atoms with Crippen molar-refractivity contribution < 1.29 is 14.3 Å². The lowest BCUT2D eigenvalue weighted by Gasteiger charge is -2.54. The van der Waals surface area contributed by atoms with Gasteiger partial charge in [-0.3, -0.25) is 4.79 Å². The van der Waals surface area contributed by atoms with E-state index in [1.165, 1.54) is 24.8 Å². The summed E-state index contributed by atoms with van der Waals surface area (Å²) < 4.78 is 10.8. The fraction of sp³-hybridized carbons (Fsp3) is 0.609. The van der Waals surface area contributed by atoms with Gasteiger partial charge in [0.2, 0.25) is 0 Å². The Morgan fingerprint density at radius 3 is 2.23 bits per heavy atom. The van der Waals surface area contributed by atoms with E-state index in [0.717, 1.165) is 18.4 Å². The summed E-state index contributed by atoms with van der Waals surface area (Å²) in [6.07, 6.45) is 5.74. The Kier molecular flexibility index (Phi) is 4.94. The molecule has 3 nitrogen and oxygen atoms in total. The third-order valence-electron chi connectivity index (χ3n) is 6.88. The third-order valence-corrected chi connectivity index (χ3v) is 6.88. The van der Waals surface area contributed by atoms with Gasteiger partial charge in [0.1, 0.15) is 11.5 Å². The minimum atomic E-state index is -0.0442. The number of benzene rings is 1. The zero-order valence-electron chi connectivity index (χ0n) is 17.1. The lowest BCUT2D eigenvalue weighted by molar-refractivity contribution is 0.0121. The number of fused-ring (bicyclic) bond motifs is 1. The van der Waals surface area contributed by atoms with Crippen LogP contribution in [-0.4, -0.2) is 20.0 Å². The highest BCUT2D eigenvalue weighted by molar-refractivity contribution is 6.10. The van der Waals surface area contributed by atoms with Gasteiger partial charge in [-0.25, -0.2) is 0 Å². The van der Waals surface area contributed by atoms with Gasteiger partial charge in [0.05, 0.1) is 14.2 Å². The molecule has 0 unspecified atom stereocenters. The number of ketones is 1. The number of allylic oxidation sites excluding steroid dienone is 2. The molecule has 1 aromatic rings. The van der Waals surface area contributed by atoms with Crippen LogP contribution >= 0.6 is 0 Å². The van der Waals surface area contributed by atoms with Crippen molar-refractivity contribution in [2.45, 2.75) is 59.8 Å². The van der Waals surface area contributed by atoms with Crippen molar-refractivity contribution in [3.05, 3.63) is 34.9 Å². The van der Waals surface area contributed by atoms with Crippen molar-refractivity contribution in [1.29, 1.82) is 0 Å². The van der Waals surface area contributed by atoms with E-state index >= 15 is 0 Å². The summed E-state index contributed by atoms with van der Waals surface area (Å²) >= 11 is 0. The number of hydrogen-bond donors (Lipinski definition) is 0. The second-order valence-electron chi connectivity index (χ2n) is 8.94. The molecule has 1 aromatic carbocycles. The third kappa shape index (κ3) is 3.06. The monoisotopic (exact) mass is 356 g/mol. The van der Waals surface area contributed by atoms with Gasteiger partial charge in [-0.05, 0) is 61.5 Å². The van der Waals surface area contributed by atoms with Gasteiger partial charge in [-0.15, -0.1) is 0 Å². The van der Waals surface area contributed by atoms with E-state index < -0.39 is 0 Å². The zero-order chi connectivity index (χ0) is 19.1.